The van der Waals surface area contributed by atoms with Gasteiger partial charge in [-0.1, -0.05) is 134 Å². The Morgan fingerprint density at radius 3 is 1.67 bits per heavy atom. The summed E-state index contributed by atoms with van der Waals surface area (Å²) in [5.74, 6) is 0.345. The van der Waals surface area contributed by atoms with E-state index in [1.54, 1.807) is 18.2 Å². The maximum atomic E-state index is 15.3. The van der Waals surface area contributed by atoms with Gasteiger partial charge in [0.1, 0.15) is 0 Å². The number of unbranched alkanes of at least 4 members (excludes halogenated alkanes) is 12. The molecule has 0 bridgehead atoms. The minimum Gasteiger partial charge on any atom is -0.219 e. The van der Waals surface area contributed by atoms with Crippen LogP contribution in [-0.4, -0.2) is 4.98 Å². The van der Waals surface area contributed by atoms with E-state index >= 15 is 8.78 Å². The lowest BCUT2D eigenvalue weighted by Crippen LogP contribution is -2.17. The molecule has 2 saturated carbocycles. The van der Waals surface area contributed by atoms with Gasteiger partial charge in [0.05, 0.1) is 5.69 Å². The molecule has 238 valence electrons. The summed E-state index contributed by atoms with van der Waals surface area (Å²) in [5.41, 5.74) is 2.27. The van der Waals surface area contributed by atoms with Crippen LogP contribution in [0.5, 0.6) is 0 Å². The lowest BCUT2D eigenvalue weighted by atomic mass is 9.80. The fraction of sp³-hybridized carbons (Fsp3) is 0.718. The van der Waals surface area contributed by atoms with Crippen molar-refractivity contribution in [3.8, 4) is 11.3 Å². The predicted octanol–water partition coefficient (Wildman–Crippen LogP) is 12.3. The van der Waals surface area contributed by atoms with Crippen LogP contribution in [0.4, 0.5) is 13.2 Å². The van der Waals surface area contributed by atoms with Crippen LogP contribution in [0.1, 0.15) is 158 Å². The predicted molar refractivity (Wildman–Crippen MR) is 173 cm³/mol. The standard InChI is InChI=1S/C39H56F3N/c40-37-34-27-31(17-13-9-5-1-3-7-11-15-29-19-20-29)23-24-33(34)28-35(38(37)41)36-26-25-32(39(42)43-36)18-14-10-6-2-4-8-12-16-30-21-22-30/h25-26,28-31H,1-24,27H2. The van der Waals surface area contributed by atoms with Crippen molar-refractivity contribution in [2.24, 2.45) is 17.8 Å². The first-order chi connectivity index (χ1) is 21.1. The summed E-state index contributed by atoms with van der Waals surface area (Å²) in [7, 11) is 0. The number of aromatic nitrogens is 1. The largest absolute Gasteiger partial charge is 0.219 e. The molecule has 0 aliphatic heterocycles. The van der Waals surface area contributed by atoms with Crippen molar-refractivity contribution in [2.75, 3.05) is 0 Å². The van der Waals surface area contributed by atoms with Gasteiger partial charge < -0.3 is 0 Å². The summed E-state index contributed by atoms with van der Waals surface area (Å²) >= 11 is 0. The Morgan fingerprint density at radius 1 is 0.581 bits per heavy atom. The molecule has 3 aliphatic rings. The van der Waals surface area contributed by atoms with Gasteiger partial charge in [-0.25, -0.2) is 13.8 Å². The molecular formula is C39H56F3N. The molecule has 1 aromatic heterocycles. The third kappa shape index (κ3) is 10.6. The molecule has 0 N–H and O–H groups in total. The molecule has 1 unspecified atom stereocenters. The van der Waals surface area contributed by atoms with Crippen molar-refractivity contribution in [3.63, 3.8) is 0 Å². The summed E-state index contributed by atoms with van der Waals surface area (Å²) in [5, 5.41) is 0. The van der Waals surface area contributed by atoms with E-state index in [2.05, 4.69) is 4.98 Å². The van der Waals surface area contributed by atoms with Crippen LogP contribution < -0.4 is 0 Å². The number of hydrogen-bond donors (Lipinski definition) is 0. The number of rotatable bonds is 21. The van der Waals surface area contributed by atoms with Crippen LogP contribution in [-0.2, 0) is 19.3 Å². The zero-order valence-electron chi connectivity index (χ0n) is 26.7. The highest BCUT2D eigenvalue weighted by molar-refractivity contribution is 5.63. The van der Waals surface area contributed by atoms with E-state index in [0.717, 1.165) is 49.5 Å². The van der Waals surface area contributed by atoms with Gasteiger partial charge in [0.15, 0.2) is 11.6 Å². The molecule has 5 rings (SSSR count). The van der Waals surface area contributed by atoms with E-state index in [0.29, 0.717) is 29.9 Å². The number of aryl methyl sites for hydroxylation is 2. The highest BCUT2D eigenvalue weighted by Gasteiger charge is 2.26. The highest BCUT2D eigenvalue weighted by Crippen LogP contribution is 2.37. The number of halogens is 3. The summed E-state index contributed by atoms with van der Waals surface area (Å²) < 4.78 is 45.5. The number of hydrogen-bond acceptors (Lipinski definition) is 1. The second-order valence-corrected chi connectivity index (χ2v) is 14.4. The van der Waals surface area contributed by atoms with Crippen LogP contribution in [0.15, 0.2) is 18.2 Å². The van der Waals surface area contributed by atoms with Crippen LogP contribution in [0.2, 0.25) is 0 Å². The van der Waals surface area contributed by atoms with Crippen molar-refractivity contribution in [3.05, 3.63) is 52.5 Å². The van der Waals surface area contributed by atoms with E-state index < -0.39 is 17.6 Å². The van der Waals surface area contributed by atoms with Crippen molar-refractivity contribution in [1.82, 2.24) is 4.98 Å². The average Bonchev–Trinajstić information content (AvgIpc) is 3.94. The zero-order chi connectivity index (χ0) is 29.9. The Hall–Kier alpha value is -1.84. The van der Waals surface area contributed by atoms with Gasteiger partial charge in [-0.05, 0) is 73.1 Å². The maximum absolute atomic E-state index is 15.3. The first-order valence-corrected chi connectivity index (χ1v) is 18.2. The summed E-state index contributed by atoms with van der Waals surface area (Å²) in [6, 6.07) is 5.12. The topological polar surface area (TPSA) is 12.9 Å². The molecule has 3 aliphatic carbocycles. The smallest absolute Gasteiger partial charge is 0.216 e. The van der Waals surface area contributed by atoms with Gasteiger partial charge in [0.25, 0.3) is 0 Å². The Kier molecular flexibility index (Phi) is 12.9. The van der Waals surface area contributed by atoms with Gasteiger partial charge >= 0.3 is 0 Å². The number of benzene rings is 1. The highest BCUT2D eigenvalue weighted by atomic mass is 19.2. The van der Waals surface area contributed by atoms with Crippen molar-refractivity contribution < 1.29 is 13.2 Å². The Morgan fingerprint density at radius 2 is 1.12 bits per heavy atom. The molecule has 0 amide bonds. The zero-order valence-corrected chi connectivity index (χ0v) is 26.7. The van der Waals surface area contributed by atoms with E-state index in [-0.39, 0.29) is 11.3 Å². The summed E-state index contributed by atoms with van der Waals surface area (Å²) in [6.45, 7) is 0. The molecule has 0 spiro atoms. The molecule has 2 fully saturated rings. The number of pyridine rings is 1. The first kappa shape index (κ1) is 32.6. The molecule has 4 heteroatoms. The third-order valence-electron chi connectivity index (χ3n) is 10.6. The number of fused-ring (bicyclic) bond motifs is 1. The monoisotopic (exact) mass is 595 g/mol. The lowest BCUT2D eigenvalue weighted by molar-refractivity contribution is 0.388. The molecule has 1 heterocycles. The van der Waals surface area contributed by atoms with E-state index in [4.69, 9.17) is 0 Å². The van der Waals surface area contributed by atoms with Gasteiger partial charge in [-0.15, -0.1) is 0 Å². The minimum absolute atomic E-state index is 0.0963. The summed E-state index contributed by atoms with van der Waals surface area (Å²) in [4.78, 5) is 4.10. The molecule has 1 nitrogen and oxygen atoms in total. The Bertz CT molecular complexity index is 1140. The Balaban J connectivity index is 1.02. The molecular weight excluding hydrogens is 539 g/mol. The van der Waals surface area contributed by atoms with Crippen LogP contribution >= 0.6 is 0 Å². The van der Waals surface area contributed by atoms with E-state index in [1.165, 1.54) is 116 Å². The van der Waals surface area contributed by atoms with Gasteiger partial charge in [0, 0.05) is 11.1 Å². The van der Waals surface area contributed by atoms with E-state index in [1.807, 2.05) is 0 Å². The fourth-order valence-corrected chi connectivity index (χ4v) is 7.34. The SMILES string of the molecule is Fc1nc(-c2cc3c(c(F)c2F)CC(CCCCCCCCCC2CC2)CC3)ccc1CCCCCCCCCC1CC1. The van der Waals surface area contributed by atoms with Crippen molar-refractivity contribution >= 4 is 0 Å². The minimum atomic E-state index is -0.877. The molecule has 0 saturated heterocycles. The van der Waals surface area contributed by atoms with Crippen LogP contribution in [0, 0.1) is 35.3 Å². The second-order valence-electron chi connectivity index (χ2n) is 14.4. The van der Waals surface area contributed by atoms with Gasteiger partial charge in [-0.3, -0.25) is 0 Å². The first-order valence-electron chi connectivity index (χ1n) is 18.2. The fourth-order valence-electron chi connectivity index (χ4n) is 7.34. The maximum Gasteiger partial charge on any atom is 0.216 e. The van der Waals surface area contributed by atoms with Crippen molar-refractivity contribution in [2.45, 2.75) is 161 Å². The molecule has 1 aromatic carbocycles. The second kappa shape index (κ2) is 17.0. The third-order valence-corrected chi connectivity index (χ3v) is 10.6. The number of nitrogens with zero attached hydrogens (tertiary/aromatic N) is 1. The molecule has 0 radical (unpaired) electrons. The Labute approximate surface area is 259 Å². The van der Waals surface area contributed by atoms with E-state index in [9.17, 15) is 4.39 Å². The van der Waals surface area contributed by atoms with Crippen molar-refractivity contribution in [1.29, 1.82) is 0 Å². The molecule has 43 heavy (non-hydrogen) atoms. The molecule has 2 aromatic rings. The summed E-state index contributed by atoms with van der Waals surface area (Å²) in [6.07, 6.45) is 30.5. The van der Waals surface area contributed by atoms with Gasteiger partial charge in [0.2, 0.25) is 5.95 Å². The molecule has 1 atom stereocenters. The lowest BCUT2D eigenvalue weighted by Gasteiger charge is -2.26. The van der Waals surface area contributed by atoms with Crippen LogP contribution in [0.3, 0.4) is 0 Å². The van der Waals surface area contributed by atoms with Crippen LogP contribution in [0.25, 0.3) is 11.3 Å². The average molecular weight is 596 g/mol. The normalized spacial score (nSPS) is 18.3. The quantitative estimate of drug-likeness (QED) is 0.103. The van der Waals surface area contributed by atoms with Gasteiger partial charge in [-0.2, -0.15) is 4.39 Å².